The highest BCUT2D eigenvalue weighted by molar-refractivity contribution is 8.00. The molecule has 0 saturated heterocycles. The molecule has 1 atom stereocenters. The van der Waals surface area contributed by atoms with E-state index in [1.807, 2.05) is 6.92 Å². The molecule has 1 aliphatic heterocycles. The van der Waals surface area contributed by atoms with Crippen molar-refractivity contribution in [1.82, 2.24) is 0 Å². The third-order valence-electron chi connectivity index (χ3n) is 3.10. The smallest absolute Gasteiger partial charge is 0.175 e. The van der Waals surface area contributed by atoms with Gasteiger partial charge in [0.05, 0.1) is 5.25 Å². The summed E-state index contributed by atoms with van der Waals surface area (Å²) in [6.45, 7) is 8.54. The predicted octanol–water partition coefficient (Wildman–Crippen LogP) is 3.80. The number of carbonyl (C=O) groups excluding carboxylic acids is 1. The van der Waals surface area contributed by atoms with E-state index in [1.54, 1.807) is 11.8 Å². The maximum atomic E-state index is 12.1. The van der Waals surface area contributed by atoms with Gasteiger partial charge in [-0.05, 0) is 29.5 Å². The Labute approximate surface area is 102 Å². The number of carbonyl (C=O) groups is 1. The average molecular weight is 234 g/mol. The largest absolute Gasteiger partial charge is 0.293 e. The Morgan fingerprint density at radius 2 is 2.00 bits per heavy atom. The molecule has 0 spiro atoms. The van der Waals surface area contributed by atoms with Crippen molar-refractivity contribution in [2.75, 3.05) is 0 Å². The molecule has 0 N–H and O–H groups in total. The molecule has 0 amide bonds. The van der Waals surface area contributed by atoms with Crippen LogP contribution in [-0.4, -0.2) is 11.0 Å². The van der Waals surface area contributed by atoms with Gasteiger partial charge in [-0.15, -0.1) is 11.8 Å². The zero-order valence-electron chi connectivity index (χ0n) is 10.3. The minimum absolute atomic E-state index is 0.114. The second-order valence-corrected chi connectivity index (χ2v) is 6.77. The molecule has 1 aliphatic rings. The van der Waals surface area contributed by atoms with E-state index >= 15 is 0 Å². The molecule has 0 aliphatic carbocycles. The molecule has 1 unspecified atom stereocenters. The van der Waals surface area contributed by atoms with E-state index in [4.69, 9.17) is 0 Å². The molecule has 16 heavy (non-hydrogen) atoms. The second kappa shape index (κ2) is 3.92. The predicted molar refractivity (Wildman–Crippen MR) is 70.2 cm³/mol. The maximum absolute atomic E-state index is 12.1. The zero-order chi connectivity index (χ0) is 11.9. The Kier molecular flexibility index (Phi) is 2.87. The number of rotatable bonds is 0. The third-order valence-corrected chi connectivity index (χ3v) is 4.29. The van der Waals surface area contributed by atoms with Crippen LogP contribution in [0.15, 0.2) is 18.2 Å². The van der Waals surface area contributed by atoms with E-state index in [0.29, 0.717) is 0 Å². The van der Waals surface area contributed by atoms with Gasteiger partial charge in [0.15, 0.2) is 5.78 Å². The first-order valence-electron chi connectivity index (χ1n) is 5.69. The summed E-state index contributed by atoms with van der Waals surface area (Å²) in [5.41, 5.74) is 3.50. The molecule has 1 aromatic carbocycles. The lowest BCUT2D eigenvalue weighted by Gasteiger charge is -2.24. The van der Waals surface area contributed by atoms with Gasteiger partial charge in [-0.25, -0.2) is 0 Å². The molecule has 1 aromatic rings. The molecule has 0 aromatic heterocycles. The highest BCUT2D eigenvalue weighted by Gasteiger charge is 2.26. The minimum Gasteiger partial charge on any atom is -0.293 e. The van der Waals surface area contributed by atoms with Crippen LogP contribution in [0.1, 0.15) is 49.2 Å². The van der Waals surface area contributed by atoms with Gasteiger partial charge in [0.1, 0.15) is 0 Å². The van der Waals surface area contributed by atoms with Crippen LogP contribution in [0.25, 0.3) is 0 Å². The van der Waals surface area contributed by atoms with Gasteiger partial charge in [0.2, 0.25) is 0 Å². The maximum Gasteiger partial charge on any atom is 0.175 e. The molecule has 0 fully saturated rings. The molecule has 0 radical (unpaired) electrons. The van der Waals surface area contributed by atoms with Crippen LogP contribution < -0.4 is 0 Å². The number of thioether (sulfide) groups is 1. The monoisotopic (exact) mass is 234 g/mol. The number of ketones is 1. The molecule has 2 rings (SSSR count). The Morgan fingerprint density at radius 3 is 2.62 bits per heavy atom. The van der Waals surface area contributed by atoms with Crippen LogP contribution in [0.5, 0.6) is 0 Å². The van der Waals surface area contributed by atoms with Gasteiger partial charge < -0.3 is 0 Å². The van der Waals surface area contributed by atoms with Gasteiger partial charge in [-0.3, -0.25) is 4.79 Å². The normalized spacial score (nSPS) is 20.8. The van der Waals surface area contributed by atoms with Crippen molar-refractivity contribution in [3.8, 4) is 0 Å². The van der Waals surface area contributed by atoms with E-state index in [0.717, 1.165) is 11.3 Å². The van der Waals surface area contributed by atoms with Crippen molar-refractivity contribution in [1.29, 1.82) is 0 Å². The van der Waals surface area contributed by atoms with Crippen LogP contribution in [0, 0.1) is 0 Å². The summed E-state index contributed by atoms with van der Waals surface area (Å²) in [5, 5.41) is 0.114. The number of fused-ring (bicyclic) bond motifs is 1. The van der Waals surface area contributed by atoms with Gasteiger partial charge >= 0.3 is 0 Å². The second-order valence-electron chi connectivity index (χ2n) is 5.44. The van der Waals surface area contributed by atoms with Crippen molar-refractivity contribution in [2.24, 2.45) is 0 Å². The Hall–Kier alpha value is -0.760. The Balaban J connectivity index is 2.49. The van der Waals surface area contributed by atoms with E-state index in [2.05, 4.69) is 39.0 Å². The lowest BCUT2D eigenvalue weighted by Crippen LogP contribution is -2.22. The van der Waals surface area contributed by atoms with Crippen LogP contribution in [-0.2, 0) is 11.2 Å². The van der Waals surface area contributed by atoms with Crippen molar-refractivity contribution < 1.29 is 4.79 Å². The summed E-state index contributed by atoms with van der Waals surface area (Å²) in [7, 11) is 0. The minimum atomic E-state index is 0.114. The van der Waals surface area contributed by atoms with Gasteiger partial charge in [0.25, 0.3) is 0 Å². The van der Waals surface area contributed by atoms with E-state index in [-0.39, 0.29) is 16.4 Å². The lowest BCUT2D eigenvalue weighted by molar-refractivity contribution is 0.0991. The first-order valence-corrected chi connectivity index (χ1v) is 6.73. The van der Waals surface area contributed by atoms with Crippen molar-refractivity contribution in [3.63, 3.8) is 0 Å². The van der Waals surface area contributed by atoms with Gasteiger partial charge in [0, 0.05) is 11.3 Å². The van der Waals surface area contributed by atoms with E-state index < -0.39 is 0 Å². The van der Waals surface area contributed by atoms with Gasteiger partial charge in [-0.2, -0.15) is 0 Å². The third kappa shape index (κ3) is 2.03. The van der Waals surface area contributed by atoms with Crippen molar-refractivity contribution in [2.45, 2.75) is 44.1 Å². The highest BCUT2D eigenvalue weighted by atomic mass is 32.2. The zero-order valence-corrected chi connectivity index (χ0v) is 11.1. The fourth-order valence-electron chi connectivity index (χ4n) is 1.91. The summed E-state index contributed by atoms with van der Waals surface area (Å²) in [6.07, 6.45) is 0. The Bertz CT molecular complexity index is 429. The number of hydrogen-bond acceptors (Lipinski definition) is 2. The van der Waals surface area contributed by atoms with Crippen molar-refractivity contribution >= 4 is 17.5 Å². The lowest BCUT2D eigenvalue weighted by atomic mass is 9.84. The quantitative estimate of drug-likeness (QED) is 0.679. The molecular formula is C14H18OS. The molecule has 0 bridgehead atoms. The fraction of sp³-hybridized carbons (Fsp3) is 0.500. The first-order chi connectivity index (χ1) is 7.39. The summed E-state index contributed by atoms with van der Waals surface area (Å²) < 4.78 is 0. The fourth-order valence-corrected chi connectivity index (χ4v) is 2.87. The van der Waals surface area contributed by atoms with Crippen LogP contribution in [0.4, 0.5) is 0 Å². The number of Topliss-reactive ketones (excluding diaryl/α,β-unsaturated/α-hetero) is 1. The summed E-state index contributed by atoms with van der Waals surface area (Å²) in [6, 6.07) is 6.36. The van der Waals surface area contributed by atoms with Gasteiger partial charge in [-0.1, -0.05) is 32.9 Å². The topological polar surface area (TPSA) is 17.1 Å². The van der Waals surface area contributed by atoms with E-state index in [9.17, 15) is 4.79 Å². The molecule has 1 heterocycles. The summed E-state index contributed by atoms with van der Waals surface area (Å²) in [4.78, 5) is 12.1. The van der Waals surface area contributed by atoms with Crippen LogP contribution in [0.2, 0.25) is 0 Å². The van der Waals surface area contributed by atoms with Crippen molar-refractivity contribution in [3.05, 3.63) is 34.9 Å². The molecule has 86 valence electrons. The van der Waals surface area contributed by atoms with Crippen LogP contribution in [0.3, 0.4) is 0 Å². The number of benzene rings is 1. The average Bonchev–Trinajstić information content (AvgIpc) is 2.22. The molecule has 1 nitrogen and oxygen atoms in total. The van der Waals surface area contributed by atoms with E-state index in [1.165, 1.54) is 11.1 Å². The molecule has 2 heteroatoms. The standard InChI is InChI=1S/C14H18OS/c1-9-13(15)12-7-11(14(2,3)4)6-5-10(12)8-16-9/h5-7,9H,8H2,1-4H3. The van der Waals surface area contributed by atoms with Crippen LogP contribution >= 0.6 is 11.8 Å². The summed E-state index contributed by atoms with van der Waals surface area (Å²) >= 11 is 1.73. The molecule has 0 saturated carbocycles. The Morgan fingerprint density at radius 1 is 1.31 bits per heavy atom. The number of hydrogen-bond donors (Lipinski definition) is 0. The molecular weight excluding hydrogens is 216 g/mol. The SMILES string of the molecule is CC1SCc2ccc(C(C)(C)C)cc2C1=O. The highest BCUT2D eigenvalue weighted by Crippen LogP contribution is 2.33. The summed E-state index contributed by atoms with van der Waals surface area (Å²) in [5.74, 6) is 1.25. The first kappa shape index (κ1) is 11.7.